The molecule has 4 unspecified atom stereocenters. The monoisotopic (exact) mass is 850 g/mol. The number of amides is 5. The molecule has 6 aliphatic rings. The van der Waals surface area contributed by atoms with Gasteiger partial charge >= 0.3 is 5.97 Å². The van der Waals surface area contributed by atoms with Gasteiger partial charge < -0.3 is 25.6 Å². The number of piperidine rings is 3. The lowest BCUT2D eigenvalue weighted by molar-refractivity contribution is -0.180. The number of nitrogens with one attached hydrogen (secondary N) is 1. The van der Waals surface area contributed by atoms with E-state index in [2.05, 4.69) is 47.3 Å². The molecule has 4 atom stereocenters. The molecule has 8 rings (SSSR count). The highest BCUT2D eigenvalue weighted by atomic mass is 16.6. The first-order valence-electron chi connectivity index (χ1n) is 22.2. The van der Waals surface area contributed by atoms with E-state index in [1.807, 2.05) is 18.2 Å². The van der Waals surface area contributed by atoms with Crippen molar-refractivity contribution in [3.05, 3.63) is 58.8 Å². The van der Waals surface area contributed by atoms with Crippen LogP contribution in [0, 0.1) is 11.3 Å². The number of hydrogen-bond acceptors (Lipinski definition) is 14. The number of rotatable bonds is 11. The van der Waals surface area contributed by atoms with Crippen molar-refractivity contribution in [1.82, 2.24) is 34.8 Å². The third-order valence-electron chi connectivity index (χ3n) is 13.2. The van der Waals surface area contributed by atoms with E-state index in [0.717, 1.165) is 93.4 Å². The maximum atomic E-state index is 13.9. The van der Waals surface area contributed by atoms with Crippen LogP contribution in [0.2, 0.25) is 0 Å². The number of anilines is 3. The van der Waals surface area contributed by atoms with Gasteiger partial charge in [-0.1, -0.05) is 24.3 Å². The van der Waals surface area contributed by atoms with Gasteiger partial charge in [0.2, 0.25) is 11.9 Å². The van der Waals surface area contributed by atoms with Gasteiger partial charge in [0.1, 0.15) is 6.04 Å². The Kier molecular flexibility index (Phi) is 12.3. The van der Waals surface area contributed by atoms with Gasteiger partial charge in [0.05, 0.1) is 5.41 Å². The molecular weight excluding hydrogens is 793 g/mol. The van der Waals surface area contributed by atoms with Crippen LogP contribution in [0.15, 0.2) is 47.6 Å². The van der Waals surface area contributed by atoms with Crippen LogP contribution in [0.5, 0.6) is 0 Å². The average molecular weight is 851 g/mol. The van der Waals surface area contributed by atoms with E-state index in [1.165, 1.54) is 18.9 Å². The minimum absolute atomic E-state index is 0.0114. The Hall–Kier alpha value is -5.55. The van der Waals surface area contributed by atoms with E-state index < -0.39 is 53.2 Å². The van der Waals surface area contributed by atoms with Crippen molar-refractivity contribution in [3.63, 3.8) is 0 Å². The lowest BCUT2D eigenvalue weighted by Crippen LogP contribution is -2.59. The van der Waals surface area contributed by atoms with Crippen LogP contribution in [0.4, 0.5) is 17.5 Å². The number of imide groups is 2. The highest BCUT2D eigenvalue weighted by molar-refractivity contribution is 6.23. The molecule has 1 aliphatic carbocycles. The van der Waals surface area contributed by atoms with Gasteiger partial charge in [-0.3, -0.25) is 38.6 Å². The molecule has 3 N–H and O–H groups in total. The van der Waals surface area contributed by atoms with Gasteiger partial charge in [-0.05, 0) is 128 Å². The van der Waals surface area contributed by atoms with Crippen molar-refractivity contribution in [2.45, 2.75) is 110 Å². The predicted molar refractivity (Wildman–Crippen MR) is 229 cm³/mol. The first-order valence-corrected chi connectivity index (χ1v) is 22.2. The molecule has 5 amide bonds. The topological polar surface area (TPSA) is 205 Å². The molecule has 330 valence electrons. The summed E-state index contributed by atoms with van der Waals surface area (Å²) in [4.78, 5) is 92.4. The average Bonchev–Trinajstić information content (AvgIpc) is 3.82. The summed E-state index contributed by atoms with van der Waals surface area (Å²) < 4.78 is 5.46. The quantitative estimate of drug-likeness (QED) is 0.245. The van der Waals surface area contributed by atoms with Crippen LogP contribution < -0.4 is 16.0 Å². The zero-order valence-corrected chi connectivity index (χ0v) is 36.2. The van der Waals surface area contributed by atoms with Gasteiger partial charge in [0.25, 0.3) is 23.6 Å². The number of nitrogens with two attached hydrogens (primary N) is 1. The van der Waals surface area contributed by atoms with E-state index in [9.17, 15) is 28.8 Å². The fourth-order valence-electron chi connectivity index (χ4n) is 9.69. The number of esters is 1. The smallest absolute Gasteiger partial charge is 0.313 e. The Bertz CT molecular complexity index is 2170. The Morgan fingerprint density at radius 3 is 2.34 bits per heavy atom. The number of aromatic nitrogens is 3. The molecule has 4 fully saturated rings. The number of nitrogens with zero attached hydrogens (tertiary/aromatic N) is 8. The molecule has 62 heavy (non-hydrogen) atoms. The third-order valence-corrected chi connectivity index (χ3v) is 13.2. The van der Waals surface area contributed by atoms with Crippen LogP contribution in [0.25, 0.3) is 0 Å². The van der Waals surface area contributed by atoms with E-state index >= 15 is 0 Å². The highest BCUT2D eigenvalue weighted by Gasteiger charge is 2.50. The molecule has 1 aromatic heterocycles. The number of carbonyl (C=O) groups excluding carboxylic acids is 6. The Labute approximate surface area is 362 Å². The first-order chi connectivity index (χ1) is 29.7. The predicted octanol–water partition coefficient (Wildman–Crippen LogP) is 3.65. The molecular formula is C45H58N10O7. The maximum absolute atomic E-state index is 13.9. The van der Waals surface area contributed by atoms with Crippen molar-refractivity contribution in [2.75, 3.05) is 56.0 Å². The molecule has 4 saturated heterocycles. The number of benzene rings is 1. The minimum Gasteiger partial charge on any atom is -0.441 e. The van der Waals surface area contributed by atoms with Crippen molar-refractivity contribution >= 4 is 53.0 Å². The fraction of sp³-hybridized carbons (Fsp3) is 0.578. The molecule has 0 saturated carbocycles. The maximum Gasteiger partial charge on any atom is 0.313 e. The van der Waals surface area contributed by atoms with Crippen molar-refractivity contribution < 1.29 is 33.5 Å². The fourth-order valence-corrected chi connectivity index (χ4v) is 9.69. The second kappa shape index (κ2) is 17.7. The molecule has 6 heterocycles. The van der Waals surface area contributed by atoms with Gasteiger partial charge in [0.15, 0.2) is 17.7 Å². The summed E-state index contributed by atoms with van der Waals surface area (Å²) in [6.45, 7) is 13.0. The van der Waals surface area contributed by atoms with Crippen molar-refractivity contribution in [2.24, 2.45) is 17.1 Å². The first kappa shape index (κ1) is 43.1. The zero-order chi connectivity index (χ0) is 43.9. The summed E-state index contributed by atoms with van der Waals surface area (Å²) in [5.74, 6) is -1.76. The third kappa shape index (κ3) is 8.87. The van der Waals surface area contributed by atoms with Gasteiger partial charge in [0, 0.05) is 55.5 Å². The van der Waals surface area contributed by atoms with Crippen LogP contribution in [-0.4, -0.2) is 134 Å². The van der Waals surface area contributed by atoms with Crippen LogP contribution >= 0.6 is 0 Å². The largest absolute Gasteiger partial charge is 0.441 e. The Morgan fingerprint density at radius 1 is 0.919 bits per heavy atom. The summed E-state index contributed by atoms with van der Waals surface area (Å²) >= 11 is 0. The molecule has 1 aromatic carbocycles. The summed E-state index contributed by atoms with van der Waals surface area (Å²) in [5.41, 5.74) is 7.56. The molecule has 17 heteroatoms. The second-order valence-corrected chi connectivity index (χ2v) is 18.6. The summed E-state index contributed by atoms with van der Waals surface area (Å²) in [5, 5.41) is 11.5. The minimum atomic E-state index is -1.17. The Morgan fingerprint density at radius 2 is 1.65 bits per heavy atom. The number of carbonyl (C=O) groups is 6. The van der Waals surface area contributed by atoms with Crippen molar-refractivity contribution in [1.29, 1.82) is 0 Å². The van der Waals surface area contributed by atoms with Gasteiger partial charge in [-0.2, -0.15) is 4.98 Å². The number of primary amides is 1. The number of ether oxygens (including phenoxy) is 1. The zero-order valence-electron chi connectivity index (χ0n) is 36.2. The van der Waals surface area contributed by atoms with Gasteiger partial charge in [-0.15, -0.1) is 10.2 Å². The normalized spacial score (nSPS) is 24.8. The van der Waals surface area contributed by atoms with Crippen molar-refractivity contribution in [3.8, 4) is 0 Å². The lowest BCUT2D eigenvalue weighted by Gasteiger charge is -2.37. The number of hydrogen-bond donors (Lipinski definition) is 2. The van der Waals surface area contributed by atoms with Crippen LogP contribution in [0.3, 0.4) is 0 Å². The molecule has 0 bridgehead atoms. The summed E-state index contributed by atoms with van der Waals surface area (Å²) in [7, 11) is 0. The highest BCUT2D eigenvalue weighted by Crippen LogP contribution is 2.37. The molecule has 0 radical (unpaired) electrons. The Balaban J connectivity index is 0.811. The molecule has 17 nitrogen and oxygen atoms in total. The van der Waals surface area contributed by atoms with Crippen LogP contribution in [-0.2, 0) is 28.7 Å². The van der Waals surface area contributed by atoms with E-state index in [4.69, 9.17) is 10.5 Å². The molecule has 2 aromatic rings. The summed E-state index contributed by atoms with van der Waals surface area (Å²) in [6.07, 6.45) is 9.36. The molecule has 0 spiro atoms. The lowest BCUT2D eigenvalue weighted by atomic mass is 9.89. The molecule has 5 aliphatic heterocycles. The second-order valence-electron chi connectivity index (χ2n) is 18.6. The standard InChI is InChI=1S/C45H58N10O7/c1-27(62-43(61)45(2,3)4)54-36(56)15-14-35(42(54)60)55-40(58)33-13-12-32(24-34(33)41(55)59)53-23-16-28(26-53)25-51-21-17-30(18-22-51)29-8-10-31(11-9-29)47-39-37(38(46)57)49-50-44(48-39)52-19-6-5-7-20-52/h8-13,27-28,30,32,35H,5-7,14-26H2,1-4H3,(H2,46,57)(H,47,48,50). The van der Waals surface area contributed by atoms with Gasteiger partial charge in [-0.25, -0.2) is 4.90 Å². The van der Waals surface area contributed by atoms with E-state index in [1.54, 1.807) is 26.8 Å². The van der Waals surface area contributed by atoms with Crippen LogP contribution in [0.1, 0.15) is 107 Å². The number of likely N-dealkylation sites (tertiary alicyclic amines) is 3. The summed E-state index contributed by atoms with van der Waals surface area (Å²) in [6, 6.07) is 7.10. The van der Waals surface area contributed by atoms with E-state index in [0.29, 0.717) is 41.2 Å². The van der Waals surface area contributed by atoms with E-state index in [-0.39, 0.29) is 24.6 Å². The SMILES string of the molecule is CC(OC(=O)C(C)(C)C)N1C(=O)CCC(N2C(=O)C3=C(CC(N4CCC(CN5CCC(c6ccc(Nc7nc(N8CCCCC8)nnc7C(N)=O)cc6)CC5)C4)C=C3)C2=O)C1=O.